The molecular formula is C24H29FN2O2. The first-order valence-corrected chi connectivity index (χ1v) is 10.5. The van der Waals surface area contributed by atoms with Gasteiger partial charge in [-0.15, -0.1) is 0 Å². The number of carbonyl (C=O) groups is 1. The molecule has 4 atom stereocenters. The second kappa shape index (κ2) is 8.95. The number of alkyl halides is 1. The van der Waals surface area contributed by atoms with Crippen molar-refractivity contribution in [1.82, 2.24) is 9.80 Å². The Morgan fingerprint density at radius 3 is 2.48 bits per heavy atom. The number of benzene rings is 2. The lowest BCUT2D eigenvalue weighted by molar-refractivity contribution is 0.00432. The number of nitrogens with zero attached hydrogens (tertiary/aromatic N) is 2. The van der Waals surface area contributed by atoms with Gasteiger partial charge in [0, 0.05) is 31.5 Å². The van der Waals surface area contributed by atoms with Gasteiger partial charge in [0.25, 0.3) is 0 Å². The molecule has 5 heteroatoms. The van der Waals surface area contributed by atoms with Crippen molar-refractivity contribution in [2.24, 2.45) is 5.92 Å². The second-order valence-corrected chi connectivity index (χ2v) is 8.32. The molecule has 1 amide bonds. The molecule has 2 aliphatic rings. The fourth-order valence-corrected chi connectivity index (χ4v) is 4.43. The molecule has 154 valence electrons. The number of carbonyl (C=O) groups excluding carboxylic acids is 1. The molecule has 2 unspecified atom stereocenters. The average molecular weight is 397 g/mol. The highest BCUT2D eigenvalue weighted by atomic mass is 19.1. The molecule has 1 saturated heterocycles. The fourth-order valence-electron chi connectivity index (χ4n) is 4.43. The topological polar surface area (TPSA) is 32.8 Å². The summed E-state index contributed by atoms with van der Waals surface area (Å²) < 4.78 is 20.0. The molecular weight excluding hydrogens is 367 g/mol. The van der Waals surface area contributed by atoms with Gasteiger partial charge in [-0.1, -0.05) is 60.7 Å². The first-order chi connectivity index (χ1) is 14.1. The zero-order valence-corrected chi connectivity index (χ0v) is 16.9. The van der Waals surface area contributed by atoms with Crippen LogP contribution in [0.3, 0.4) is 0 Å². The summed E-state index contributed by atoms with van der Waals surface area (Å²) in [6.07, 6.45) is 0.542. The molecule has 1 saturated carbocycles. The Bertz CT molecular complexity index is 801. The van der Waals surface area contributed by atoms with Gasteiger partial charge in [0.1, 0.15) is 6.61 Å². The van der Waals surface area contributed by atoms with Gasteiger partial charge in [0.15, 0.2) is 6.30 Å². The Morgan fingerprint density at radius 2 is 1.79 bits per heavy atom. The molecule has 29 heavy (non-hydrogen) atoms. The zero-order chi connectivity index (χ0) is 20.2. The Balaban J connectivity index is 1.22. The third-order valence-corrected chi connectivity index (χ3v) is 6.18. The van der Waals surface area contributed by atoms with Gasteiger partial charge < -0.3 is 9.64 Å². The Morgan fingerprint density at radius 1 is 1.10 bits per heavy atom. The fraction of sp³-hybridized carbons (Fsp3) is 0.458. The quantitative estimate of drug-likeness (QED) is 0.657. The van der Waals surface area contributed by atoms with Crippen molar-refractivity contribution in [3.8, 4) is 0 Å². The van der Waals surface area contributed by atoms with Crippen LogP contribution in [-0.4, -0.2) is 48.4 Å². The maximum absolute atomic E-state index is 14.7. The molecule has 2 fully saturated rings. The molecule has 0 aromatic heterocycles. The van der Waals surface area contributed by atoms with Gasteiger partial charge in [-0.25, -0.2) is 9.18 Å². The summed E-state index contributed by atoms with van der Waals surface area (Å²) in [5.41, 5.74) is 2.30. The molecule has 0 bridgehead atoms. The minimum absolute atomic E-state index is 0.178. The molecule has 1 heterocycles. The van der Waals surface area contributed by atoms with E-state index < -0.39 is 12.4 Å². The van der Waals surface area contributed by atoms with Crippen molar-refractivity contribution in [3.05, 3.63) is 71.8 Å². The van der Waals surface area contributed by atoms with E-state index >= 15 is 0 Å². The average Bonchev–Trinajstić information content (AvgIpc) is 3.55. The van der Waals surface area contributed by atoms with Crippen LogP contribution in [0.5, 0.6) is 0 Å². The van der Waals surface area contributed by atoms with E-state index in [2.05, 4.69) is 36.2 Å². The largest absolute Gasteiger partial charge is 0.444 e. The maximum Gasteiger partial charge on any atom is 0.412 e. The number of amides is 1. The summed E-state index contributed by atoms with van der Waals surface area (Å²) in [7, 11) is 2.14. The zero-order valence-electron chi connectivity index (χ0n) is 16.9. The van der Waals surface area contributed by atoms with Crippen LogP contribution in [0.15, 0.2) is 60.7 Å². The summed E-state index contributed by atoms with van der Waals surface area (Å²) in [4.78, 5) is 15.9. The molecule has 1 aliphatic carbocycles. The minimum Gasteiger partial charge on any atom is -0.444 e. The van der Waals surface area contributed by atoms with Gasteiger partial charge in [0.05, 0.1) is 0 Å². The minimum atomic E-state index is -1.27. The van der Waals surface area contributed by atoms with Crippen molar-refractivity contribution >= 4 is 6.09 Å². The van der Waals surface area contributed by atoms with Crippen LogP contribution in [0.4, 0.5) is 9.18 Å². The molecule has 4 rings (SSSR count). The van der Waals surface area contributed by atoms with Crippen molar-refractivity contribution in [2.45, 2.75) is 44.1 Å². The lowest BCUT2D eigenvalue weighted by Crippen LogP contribution is -2.46. The second-order valence-electron chi connectivity index (χ2n) is 8.32. The van der Waals surface area contributed by atoms with Gasteiger partial charge >= 0.3 is 6.09 Å². The molecule has 0 spiro atoms. The molecule has 0 radical (unpaired) electrons. The van der Waals surface area contributed by atoms with E-state index in [4.69, 9.17) is 4.74 Å². The van der Waals surface area contributed by atoms with Crippen LogP contribution in [0.1, 0.15) is 36.3 Å². The van der Waals surface area contributed by atoms with Gasteiger partial charge in [-0.05, 0) is 36.9 Å². The SMILES string of the molecule is CN(CC1CCN(C(=O)OCc2ccccc2)C(F)C1)[C@@H]1C[C@H]1c1ccccc1. The number of piperidine rings is 1. The lowest BCUT2D eigenvalue weighted by Gasteiger charge is -2.36. The number of likely N-dealkylation sites (N-methyl/N-ethyl adjacent to an activating group) is 1. The van der Waals surface area contributed by atoms with E-state index in [-0.39, 0.29) is 12.5 Å². The van der Waals surface area contributed by atoms with Crippen molar-refractivity contribution in [1.29, 1.82) is 0 Å². The maximum atomic E-state index is 14.7. The Labute approximate surface area is 172 Å². The standard InChI is InChI=1S/C24H29FN2O2/c1-26(22-15-21(22)20-10-6-3-7-11-20)16-19-12-13-27(23(25)14-19)24(28)29-17-18-8-4-2-5-9-18/h2-11,19,21-23H,12-17H2,1H3/t19?,21-,22+,23?/m0/s1. The summed E-state index contributed by atoms with van der Waals surface area (Å²) >= 11 is 0. The van der Waals surface area contributed by atoms with Crippen LogP contribution in [-0.2, 0) is 11.3 Å². The first kappa shape index (κ1) is 19.9. The van der Waals surface area contributed by atoms with E-state index in [1.54, 1.807) is 0 Å². The monoisotopic (exact) mass is 396 g/mol. The molecule has 2 aromatic rings. The van der Waals surface area contributed by atoms with Crippen molar-refractivity contribution in [2.75, 3.05) is 20.1 Å². The third-order valence-electron chi connectivity index (χ3n) is 6.18. The highest BCUT2D eigenvalue weighted by molar-refractivity contribution is 5.68. The Hall–Kier alpha value is -2.40. The molecule has 1 aliphatic heterocycles. The molecule has 4 nitrogen and oxygen atoms in total. The van der Waals surface area contributed by atoms with E-state index in [0.29, 0.717) is 24.9 Å². The molecule has 0 N–H and O–H groups in total. The predicted octanol–water partition coefficient (Wildman–Crippen LogP) is 4.82. The van der Waals surface area contributed by atoms with Crippen LogP contribution in [0.2, 0.25) is 0 Å². The smallest absolute Gasteiger partial charge is 0.412 e. The number of rotatable bonds is 6. The first-order valence-electron chi connectivity index (χ1n) is 10.5. The van der Waals surface area contributed by atoms with E-state index in [1.807, 2.05) is 36.4 Å². The summed E-state index contributed by atoms with van der Waals surface area (Å²) in [6.45, 7) is 1.47. The van der Waals surface area contributed by atoms with Crippen molar-refractivity contribution < 1.29 is 13.9 Å². The van der Waals surface area contributed by atoms with Crippen molar-refractivity contribution in [3.63, 3.8) is 0 Å². The van der Waals surface area contributed by atoms with E-state index in [9.17, 15) is 9.18 Å². The highest BCUT2D eigenvalue weighted by Crippen LogP contribution is 2.44. The Kier molecular flexibility index (Phi) is 6.14. The van der Waals surface area contributed by atoms with E-state index in [1.165, 1.54) is 16.9 Å². The summed E-state index contributed by atoms with van der Waals surface area (Å²) in [5.74, 6) is 0.862. The normalized spacial score (nSPS) is 26.4. The van der Waals surface area contributed by atoms with Crippen LogP contribution >= 0.6 is 0 Å². The van der Waals surface area contributed by atoms with Gasteiger partial charge in [0.2, 0.25) is 0 Å². The predicted molar refractivity (Wildman–Crippen MR) is 111 cm³/mol. The number of ether oxygens (including phenoxy) is 1. The van der Waals surface area contributed by atoms with Crippen LogP contribution in [0, 0.1) is 5.92 Å². The third kappa shape index (κ3) is 4.96. The summed E-state index contributed by atoms with van der Waals surface area (Å²) in [6, 6.07) is 20.6. The number of hydrogen-bond acceptors (Lipinski definition) is 3. The lowest BCUT2D eigenvalue weighted by atomic mass is 9.95. The van der Waals surface area contributed by atoms with Gasteiger partial charge in [-0.3, -0.25) is 4.90 Å². The van der Waals surface area contributed by atoms with Crippen LogP contribution < -0.4 is 0 Å². The highest BCUT2D eigenvalue weighted by Gasteiger charge is 2.42. The van der Waals surface area contributed by atoms with Gasteiger partial charge in [-0.2, -0.15) is 0 Å². The number of likely N-dealkylation sites (tertiary alicyclic amines) is 1. The molecule has 2 aromatic carbocycles. The number of halogens is 1. The van der Waals surface area contributed by atoms with Crippen LogP contribution in [0.25, 0.3) is 0 Å². The number of hydrogen-bond donors (Lipinski definition) is 0. The van der Waals surface area contributed by atoms with E-state index in [0.717, 1.165) is 18.5 Å². The summed E-state index contributed by atoms with van der Waals surface area (Å²) in [5, 5.41) is 0.